The number of aliphatic carboxylic acids is 1. The van der Waals surface area contributed by atoms with E-state index >= 15 is 0 Å². The van der Waals surface area contributed by atoms with Crippen LogP contribution in [0.5, 0.6) is 5.75 Å². The lowest BCUT2D eigenvalue weighted by Crippen LogP contribution is -2.21. The summed E-state index contributed by atoms with van der Waals surface area (Å²) >= 11 is 1.63. The largest absolute Gasteiger partial charge is 0.481 e. The molecule has 1 aliphatic rings. The molecule has 1 unspecified atom stereocenters. The third-order valence-corrected chi connectivity index (χ3v) is 3.75. The van der Waals surface area contributed by atoms with Crippen molar-refractivity contribution in [1.82, 2.24) is 0 Å². The van der Waals surface area contributed by atoms with Crippen LogP contribution in [0.2, 0.25) is 0 Å². The fourth-order valence-electron chi connectivity index (χ4n) is 1.84. The molecule has 0 spiro atoms. The number of benzene rings is 1. The number of ether oxygens (including phenoxy) is 1. The second-order valence-electron chi connectivity index (χ2n) is 4.44. The number of nitrogens with two attached hydrogens (primary N) is 1. The lowest BCUT2D eigenvalue weighted by molar-refractivity contribution is -0.138. The Labute approximate surface area is 104 Å². The molecule has 1 aliphatic heterocycles. The van der Waals surface area contributed by atoms with Gasteiger partial charge in [0.2, 0.25) is 0 Å². The van der Waals surface area contributed by atoms with E-state index in [1.165, 1.54) is 0 Å². The Hall–Kier alpha value is -1.20. The van der Waals surface area contributed by atoms with Crippen LogP contribution in [0, 0.1) is 0 Å². The molecule has 0 amide bonds. The minimum absolute atomic E-state index is 0.0880. The topological polar surface area (TPSA) is 72.5 Å². The van der Waals surface area contributed by atoms with Crippen molar-refractivity contribution in [1.29, 1.82) is 0 Å². The summed E-state index contributed by atoms with van der Waals surface area (Å²) in [4.78, 5) is 11.8. The van der Waals surface area contributed by atoms with E-state index in [1.807, 2.05) is 26.0 Å². The molecule has 2 rings (SSSR count). The van der Waals surface area contributed by atoms with Crippen molar-refractivity contribution in [3.05, 3.63) is 23.8 Å². The Bertz CT molecular complexity index is 459. The predicted octanol–water partition coefficient (Wildman–Crippen LogP) is 2.03. The van der Waals surface area contributed by atoms with Crippen molar-refractivity contribution in [3.8, 4) is 5.75 Å². The highest BCUT2D eigenvalue weighted by molar-refractivity contribution is 8.00. The minimum Gasteiger partial charge on any atom is -0.481 e. The highest BCUT2D eigenvalue weighted by Gasteiger charge is 2.32. The van der Waals surface area contributed by atoms with Crippen LogP contribution in [0.25, 0.3) is 0 Å². The number of carbonyl (C=O) groups is 1. The minimum atomic E-state index is -0.905. The van der Waals surface area contributed by atoms with Gasteiger partial charge in [-0.15, -0.1) is 0 Å². The van der Waals surface area contributed by atoms with Gasteiger partial charge in [-0.1, -0.05) is 17.8 Å². The zero-order valence-corrected chi connectivity index (χ0v) is 10.6. The van der Waals surface area contributed by atoms with E-state index in [0.29, 0.717) is 5.56 Å². The molecule has 0 aliphatic carbocycles. The SMILES string of the molecule is CC1(C)Oc2cc(C(CN)C(=O)O)ccc2S1. The lowest BCUT2D eigenvalue weighted by Gasteiger charge is -2.16. The van der Waals surface area contributed by atoms with E-state index in [-0.39, 0.29) is 11.5 Å². The highest BCUT2D eigenvalue weighted by atomic mass is 32.2. The van der Waals surface area contributed by atoms with Crippen LogP contribution >= 0.6 is 11.8 Å². The first-order chi connectivity index (χ1) is 7.93. The summed E-state index contributed by atoms with van der Waals surface area (Å²) in [6, 6.07) is 5.49. The number of thioether (sulfide) groups is 1. The summed E-state index contributed by atoms with van der Waals surface area (Å²) in [5.41, 5.74) is 6.17. The number of carboxylic acid groups (broad SMARTS) is 1. The van der Waals surface area contributed by atoms with Crippen LogP contribution in [0.1, 0.15) is 25.3 Å². The van der Waals surface area contributed by atoms with Crippen molar-refractivity contribution < 1.29 is 14.6 Å². The Balaban J connectivity index is 2.33. The van der Waals surface area contributed by atoms with Gasteiger partial charge in [0.05, 0.1) is 10.8 Å². The molecule has 1 heterocycles. The van der Waals surface area contributed by atoms with Crippen molar-refractivity contribution in [2.45, 2.75) is 29.6 Å². The molecule has 4 nitrogen and oxygen atoms in total. The first-order valence-corrected chi connectivity index (χ1v) is 6.19. The monoisotopic (exact) mass is 253 g/mol. The quantitative estimate of drug-likeness (QED) is 0.862. The molecule has 17 heavy (non-hydrogen) atoms. The van der Waals surface area contributed by atoms with E-state index in [1.54, 1.807) is 17.8 Å². The normalized spacial score (nSPS) is 18.3. The number of fused-ring (bicyclic) bond motifs is 1. The number of hydrogen-bond donors (Lipinski definition) is 2. The zero-order valence-electron chi connectivity index (χ0n) is 9.77. The van der Waals surface area contributed by atoms with Crippen LogP contribution in [0.15, 0.2) is 23.1 Å². The van der Waals surface area contributed by atoms with Gasteiger partial charge in [-0.05, 0) is 31.5 Å². The van der Waals surface area contributed by atoms with E-state index in [9.17, 15) is 4.79 Å². The molecular weight excluding hydrogens is 238 g/mol. The smallest absolute Gasteiger partial charge is 0.312 e. The molecule has 0 bridgehead atoms. The fraction of sp³-hybridized carbons (Fsp3) is 0.417. The van der Waals surface area contributed by atoms with Crippen molar-refractivity contribution in [2.24, 2.45) is 5.73 Å². The maximum atomic E-state index is 11.0. The van der Waals surface area contributed by atoms with Crippen LogP contribution in [-0.4, -0.2) is 22.6 Å². The van der Waals surface area contributed by atoms with Gasteiger partial charge in [-0.3, -0.25) is 4.79 Å². The number of carboxylic acids is 1. The highest BCUT2D eigenvalue weighted by Crippen LogP contribution is 2.47. The van der Waals surface area contributed by atoms with Crippen LogP contribution in [-0.2, 0) is 4.79 Å². The van der Waals surface area contributed by atoms with Crippen LogP contribution in [0.3, 0.4) is 0 Å². The average Bonchev–Trinajstić information content (AvgIpc) is 2.51. The van der Waals surface area contributed by atoms with Gasteiger partial charge in [0.15, 0.2) is 4.93 Å². The fourth-order valence-corrected chi connectivity index (χ4v) is 2.83. The number of rotatable bonds is 3. The molecule has 92 valence electrons. The maximum Gasteiger partial charge on any atom is 0.312 e. The molecule has 0 radical (unpaired) electrons. The third-order valence-electron chi connectivity index (χ3n) is 2.62. The molecule has 1 aromatic rings. The van der Waals surface area contributed by atoms with Gasteiger partial charge in [-0.25, -0.2) is 0 Å². The zero-order chi connectivity index (χ0) is 12.6. The number of hydrogen-bond acceptors (Lipinski definition) is 4. The molecule has 5 heteroatoms. The predicted molar refractivity (Wildman–Crippen MR) is 66.4 cm³/mol. The molecule has 1 atom stereocenters. The molecule has 0 saturated heterocycles. The molecular formula is C12H15NO3S. The standard InChI is InChI=1S/C12H15NO3S/c1-12(2)16-9-5-7(3-4-10(9)17-12)8(6-13)11(14)15/h3-5,8H,6,13H2,1-2H3,(H,14,15). The Morgan fingerprint density at radius 1 is 1.59 bits per heavy atom. The molecule has 0 saturated carbocycles. The molecule has 0 aromatic heterocycles. The van der Waals surface area contributed by atoms with E-state index in [2.05, 4.69) is 0 Å². The van der Waals surface area contributed by atoms with E-state index in [4.69, 9.17) is 15.6 Å². The van der Waals surface area contributed by atoms with Gasteiger partial charge in [-0.2, -0.15) is 0 Å². The summed E-state index contributed by atoms with van der Waals surface area (Å²) in [7, 11) is 0. The summed E-state index contributed by atoms with van der Waals surface area (Å²) in [5, 5.41) is 9.05. The lowest BCUT2D eigenvalue weighted by atomic mass is 9.99. The second-order valence-corrected chi connectivity index (χ2v) is 6.06. The Morgan fingerprint density at radius 2 is 2.29 bits per heavy atom. The van der Waals surface area contributed by atoms with E-state index < -0.39 is 11.9 Å². The second kappa shape index (κ2) is 4.23. The van der Waals surface area contributed by atoms with Crippen molar-refractivity contribution in [3.63, 3.8) is 0 Å². The summed E-state index contributed by atoms with van der Waals surface area (Å²) < 4.78 is 5.74. The van der Waals surface area contributed by atoms with Gasteiger partial charge >= 0.3 is 5.97 Å². The van der Waals surface area contributed by atoms with Crippen molar-refractivity contribution in [2.75, 3.05) is 6.54 Å². The summed E-state index contributed by atoms with van der Waals surface area (Å²) in [5.74, 6) is -0.827. The molecule has 3 N–H and O–H groups in total. The van der Waals surface area contributed by atoms with Crippen LogP contribution < -0.4 is 10.5 Å². The first-order valence-electron chi connectivity index (χ1n) is 5.38. The van der Waals surface area contributed by atoms with Crippen molar-refractivity contribution >= 4 is 17.7 Å². The summed E-state index contributed by atoms with van der Waals surface area (Å²) in [6.07, 6.45) is 0. The summed E-state index contributed by atoms with van der Waals surface area (Å²) in [6.45, 7) is 4.05. The third kappa shape index (κ3) is 2.40. The van der Waals surface area contributed by atoms with Gasteiger partial charge in [0.1, 0.15) is 5.75 Å². The maximum absolute atomic E-state index is 11.0. The Morgan fingerprint density at radius 3 is 2.88 bits per heavy atom. The van der Waals surface area contributed by atoms with E-state index in [0.717, 1.165) is 10.6 Å². The molecule has 1 aromatic carbocycles. The van der Waals surface area contributed by atoms with Gasteiger partial charge in [0.25, 0.3) is 0 Å². The van der Waals surface area contributed by atoms with Gasteiger partial charge in [0, 0.05) is 6.54 Å². The van der Waals surface area contributed by atoms with Gasteiger partial charge < -0.3 is 15.6 Å². The molecule has 0 fully saturated rings. The van der Waals surface area contributed by atoms with Crippen LogP contribution in [0.4, 0.5) is 0 Å². The Kier molecular flexibility index (Phi) is 3.05. The average molecular weight is 253 g/mol. The first kappa shape index (κ1) is 12.3.